The summed E-state index contributed by atoms with van der Waals surface area (Å²) in [6, 6.07) is 1.18. The molecule has 0 saturated heterocycles. The van der Waals surface area contributed by atoms with E-state index in [9.17, 15) is 8.78 Å². The summed E-state index contributed by atoms with van der Waals surface area (Å²) in [4.78, 5) is 3.89. The lowest BCUT2D eigenvalue weighted by Gasteiger charge is -2.00. The first-order chi connectivity index (χ1) is 7.11. The summed E-state index contributed by atoms with van der Waals surface area (Å²) in [5.41, 5.74) is 0.143. The van der Waals surface area contributed by atoms with E-state index in [4.69, 9.17) is 11.6 Å². The van der Waals surface area contributed by atoms with Crippen molar-refractivity contribution in [1.82, 2.24) is 14.8 Å². The largest absolute Gasteiger partial charge is 0.270 e. The molecule has 0 bridgehead atoms. The highest BCUT2D eigenvalue weighted by molar-refractivity contribution is 6.29. The number of hydrogen-bond donors (Lipinski definition) is 0. The van der Waals surface area contributed by atoms with Gasteiger partial charge in [0.15, 0.2) is 5.65 Å². The monoisotopic (exact) mass is 231 g/mol. The fourth-order valence-corrected chi connectivity index (χ4v) is 1.58. The molecule has 3 nitrogen and oxygen atoms in total. The van der Waals surface area contributed by atoms with Crippen molar-refractivity contribution in [3.8, 4) is 0 Å². The molecule has 0 unspecified atom stereocenters. The zero-order valence-corrected chi connectivity index (χ0v) is 8.67. The first kappa shape index (κ1) is 10.3. The van der Waals surface area contributed by atoms with E-state index in [0.717, 1.165) is 0 Å². The van der Waals surface area contributed by atoms with Crippen molar-refractivity contribution in [3.63, 3.8) is 0 Å². The molecule has 80 valence electrons. The molecule has 15 heavy (non-hydrogen) atoms. The van der Waals surface area contributed by atoms with E-state index in [1.165, 1.54) is 6.07 Å². The van der Waals surface area contributed by atoms with Gasteiger partial charge in [-0.05, 0) is 13.0 Å². The minimum absolute atomic E-state index is 0.0409. The molecule has 0 spiro atoms. The number of aromatic nitrogens is 3. The van der Waals surface area contributed by atoms with Crippen LogP contribution in [0.2, 0.25) is 5.15 Å². The molecular formula is C9H8ClF2N3. The second-order valence-electron chi connectivity index (χ2n) is 3.06. The second kappa shape index (κ2) is 3.73. The highest BCUT2D eigenvalue weighted by Gasteiger charge is 2.16. The maximum atomic E-state index is 12.7. The molecule has 0 aliphatic rings. The van der Waals surface area contributed by atoms with Crippen LogP contribution in [0.15, 0.2) is 12.3 Å². The maximum absolute atomic E-state index is 12.7. The Morgan fingerprint density at radius 3 is 2.87 bits per heavy atom. The van der Waals surface area contributed by atoms with E-state index in [1.54, 1.807) is 10.9 Å². The van der Waals surface area contributed by atoms with Gasteiger partial charge in [0, 0.05) is 23.7 Å². The minimum atomic E-state index is -2.57. The number of hydrogen-bond acceptors (Lipinski definition) is 2. The van der Waals surface area contributed by atoms with Crippen LogP contribution in [0.4, 0.5) is 8.78 Å². The van der Waals surface area contributed by atoms with Crippen molar-refractivity contribution in [1.29, 1.82) is 0 Å². The zero-order valence-electron chi connectivity index (χ0n) is 7.91. The summed E-state index contributed by atoms with van der Waals surface area (Å²) < 4.78 is 26.9. The highest BCUT2D eigenvalue weighted by atomic mass is 35.5. The van der Waals surface area contributed by atoms with E-state index in [-0.39, 0.29) is 16.4 Å². The maximum Gasteiger partial charge on any atom is 0.264 e. The summed E-state index contributed by atoms with van der Waals surface area (Å²) >= 11 is 5.63. The van der Waals surface area contributed by atoms with Crippen LogP contribution in [0.5, 0.6) is 0 Å². The third-order valence-electron chi connectivity index (χ3n) is 2.10. The number of aryl methyl sites for hydroxylation is 1. The van der Waals surface area contributed by atoms with Crippen molar-refractivity contribution >= 4 is 22.6 Å². The molecule has 0 amide bonds. The van der Waals surface area contributed by atoms with Crippen LogP contribution in [0, 0.1) is 0 Å². The summed E-state index contributed by atoms with van der Waals surface area (Å²) in [5, 5.41) is 4.42. The van der Waals surface area contributed by atoms with E-state index in [0.29, 0.717) is 11.9 Å². The SMILES string of the molecule is CCn1cc2c(C(F)F)cc(Cl)nc2n1. The normalized spacial score (nSPS) is 11.5. The van der Waals surface area contributed by atoms with Gasteiger partial charge in [-0.2, -0.15) is 5.10 Å². The highest BCUT2D eigenvalue weighted by Crippen LogP contribution is 2.28. The lowest BCUT2D eigenvalue weighted by atomic mass is 10.2. The Hall–Kier alpha value is -1.23. The van der Waals surface area contributed by atoms with Gasteiger partial charge >= 0.3 is 0 Å². The molecule has 2 heterocycles. The second-order valence-corrected chi connectivity index (χ2v) is 3.44. The standard InChI is InChI=1S/C9H8ClF2N3/c1-2-15-4-6-5(8(11)12)3-7(10)13-9(6)14-15/h3-4,8H,2H2,1H3. The van der Waals surface area contributed by atoms with Crippen LogP contribution in [0.3, 0.4) is 0 Å². The number of rotatable bonds is 2. The van der Waals surface area contributed by atoms with Crippen LogP contribution in [-0.2, 0) is 6.54 Å². The first-order valence-corrected chi connectivity index (χ1v) is 4.81. The van der Waals surface area contributed by atoms with Crippen LogP contribution >= 0.6 is 11.6 Å². The van der Waals surface area contributed by atoms with Gasteiger partial charge < -0.3 is 0 Å². The Morgan fingerprint density at radius 1 is 1.53 bits per heavy atom. The molecule has 0 aliphatic carbocycles. The fourth-order valence-electron chi connectivity index (χ4n) is 1.38. The summed E-state index contributed by atoms with van der Waals surface area (Å²) in [6.45, 7) is 2.48. The van der Waals surface area contributed by atoms with E-state index in [1.807, 2.05) is 6.92 Å². The molecular weight excluding hydrogens is 224 g/mol. The molecule has 0 aromatic carbocycles. The molecule has 0 fully saturated rings. The minimum Gasteiger partial charge on any atom is -0.270 e. The molecule has 2 rings (SSSR count). The molecule has 0 aliphatic heterocycles. The first-order valence-electron chi connectivity index (χ1n) is 4.43. The van der Waals surface area contributed by atoms with Gasteiger partial charge in [-0.15, -0.1) is 0 Å². The average Bonchev–Trinajstić information content (AvgIpc) is 2.58. The molecule has 0 radical (unpaired) electrons. The molecule has 2 aromatic rings. The number of nitrogens with zero attached hydrogens (tertiary/aromatic N) is 3. The fraction of sp³-hybridized carbons (Fsp3) is 0.333. The number of fused-ring (bicyclic) bond motifs is 1. The molecule has 2 aromatic heterocycles. The number of alkyl halides is 2. The lowest BCUT2D eigenvalue weighted by molar-refractivity contribution is 0.153. The Labute approximate surface area is 89.7 Å². The van der Waals surface area contributed by atoms with Gasteiger partial charge in [0.2, 0.25) is 0 Å². The Balaban J connectivity index is 2.72. The molecule has 0 atom stereocenters. The number of pyridine rings is 1. The van der Waals surface area contributed by atoms with E-state index >= 15 is 0 Å². The molecule has 0 saturated carbocycles. The van der Waals surface area contributed by atoms with Gasteiger partial charge in [0.05, 0.1) is 0 Å². The topological polar surface area (TPSA) is 30.7 Å². The third-order valence-corrected chi connectivity index (χ3v) is 2.29. The van der Waals surface area contributed by atoms with Crippen LogP contribution < -0.4 is 0 Å². The van der Waals surface area contributed by atoms with Gasteiger partial charge in [-0.1, -0.05) is 11.6 Å². The Morgan fingerprint density at radius 2 is 2.27 bits per heavy atom. The van der Waals surface area contributed by atoms with Crippen molar-refractivity contribution in [2.45, 2.75) is 19.9 Å². The lowest BCUT2D eigenvalue weighted by Crippen LogP contribution is -1.92. The van der Waals surface area contributed by atoms with Crippen LogP contribution in [-0.4, -0.2) is 14.8 Å². The van der Waals surface area contributed by atoms with E-state index in [2.05, 4.69) is 10.1 Å². The number of halogens is 3. The Kier molecular flexibility index (Phi) is 2.56. The van der Waals surface area contributed by atoms with Crippen molar-refractivity contribution < 1.29 is 8.78 Å². The van der Waals surface area contributed by atoms with Crippen LogP contribution in [0.1, 0.15) is 18.9 Å². The molecule has 0 N–H and O–H groups in total. The van der Waals surface area contributed by atoms with Crippen molar-refractivity contribution in [2.24, 2.45) is 0 Å². The predicted octanol–water partition coefficient (Wildman–Crippen LogP) is 3.04. The van der Waals surface area contributed by atoms with E-state index < -0.39 is 6.43 Å². The molecule has 6 heteroatoms. The third kappa shape index (κ3) is 1.79. The summed E-state index contributed by atoms with van der Waals surface area (Å²) in [5.74, 6) is 0. The van der Waals surface area contributed by atoms with Crippen molar-refractivity contribution in [3.05, 3.63) is 23.0 Å². The van der Waals surface area contributed by atoms with Crippen LogP contribution in [0.25, 0.3) is 11.0 Å². The summed E-state index contributed by atoms with van der Waals surface area (Å²) in [7, 11) is 0. The van der Waals surface area contributed by atoms with Gasteiger partial charge in [-0.25, -0.2) is 13.8 Å². The predicted molar refractivity (Wildman–Crippen MR) is 53.2 cm³/mol. The van der Waals surface area contributed by atoms with Gasteiger partial charge in [0.25, 0.3) is 6.43 Å². The Bertz CT molecular complexity index is 495. The van der Waals surface area contributed by atoms with Crippen molar-refractivity contribution in [2.75, 3.05) is 0 Å². The zero-order chi connectivity index (χ0) is 11.0. The van der Waals surface area contributed by atoms with Gasteiger partial charge in [0.1, 0.15) is 5.15 Å². The smallest absolute Gasteiger partial charge is 0.264 e. The average molecular weight is 232 g/mol. The summed E-state index contributed by atoms with van der Waals surface area (Å²) in [6.07, 6.45) is -1.01. The quantitative estimate of drug-likeness (QED) is 0.744. The van der Waals surface area contributed by atoms with Gasteiger partial charge in [-0.3, -0.25) is 4.68 Å².